The molecule has 0 radical (unpaired) electrons. The minimum absolute atomic E-state index is 0.0568. The van der Waals surface area contributed by atoms with Crippen LogP contribution in [0.15, 0.2) is 48.5 Å². The molecule has 3 rings (SSSR count). The summed E-state index contributed by atoms with van der Waals surface area (Å²) in [5.74, 6) is -0.172. The molecule has 1 aliphatic heterocycles. The summed E-state index contributed by atoms with van der Waals surface area (Å²) in [7, 11) is 2.86. The third kappa shape index (κ3) is 3.36. The van der Waals surface area contributed by atoms with E-state index >= 15 is 0 Å². The average molecular weight is 368 g/mol. The highest BCUT2D eigenvalue weighted by molar-refractivity contribution is 6.07. The molecule has 0 aromatic heterocycles. The molecule has 7 nitrogen and oxygen atoms in total. The van der Waals surface area contributed by atoms with E-state index in [-0.39, 0.29) is 12.5 Å². The second-order valence-corrected chi connectivity index (χ2v) is 6.37. The van der Waals surface area contributed by atoms with E-state index in [2.05, 4.69) is 5.32 Å². The molecule has 1 heterocycles. The lowest BCUT2D eigenvalue weighted by molar-refractivity contribution is -0.131. The number of esters is 1. The molecule has 1 fully saturated rings. The van der Waals surface area contributed by atoms with Gasteiger partial charge in [-0.25, -0.2) is 9.59 Å². The van der Waals surface area contributed by atoms with E-state index in [0.717, 1.165) is 4.90 Å². The van der Waals surface area contributed by atoms with Gasteiger partial charge in [0.05, 0.1) is 26.3 Å². The Bertz CT molecular complexity index is 894. The van der Waals surface area contributed by atoms with Crippen molar-refractivity contribution in [2.75, 3.05) is 14.2 Å². The first-order chi connectivity index (χ1) is 12.9. The number of nitrogens with zero attached hydrogens (tertiary/aromatic N) is 1. The van der Waals surface area contributed by atoms with Crippen LogP contribution in [0.3, 0.4) is 0 Å². The van der Waals surface area contributed by atoms with E-state index in [9.17, 15) is 14.4 Å². The van der Waals surface area contributed by atoms with E-state index in [1.165, 1.54) is 7.11 Å². The molecule has 1 aliphatic rings. The number of benzene rings is 2. The van der Waals surface area contributed by atoms with Gasteiger partial charge in [0.2, 0.25) is 0 Å². The third-order valence-corrected chi connectivity index (χ3v) is 4.63. The first-order valence-electron chi connectivity index (χ1n) is 8.35. The number of urea groups is 1. The van der Waals surface area contributed by atoms with Crippen molar-refractivity contribution in [1.82, 2.24) is 10.2 Å². The van der Waals surface area contributed by atoms with Crippen molar-refractivity contribution in [3.05, 3.63) is 65.2 Å². The Morgan fingerprint density at radius 3 is 2.44 bits per heavy atom. The minimum atomic E-state index is -1.16. The molecule has 3 amide bonds. The maximum atomic E-state index is 13.0. The molecule has 7 heteroatoms. The molecule has 140 valence electrons. The number of carbonyl (C=O) groups is 3. The van der Waals surface area contributed by atoms with E-state index in [0.29, 0.717) is 22.4 Å². The van der Waals surface area contributed by atoms with Crippen molar-refractivity contribution >= 4 is 17.9 Å². The third-order valence-electron chi connectivity index (χ3n) is 4.63. The molecule has 1 unspecified atom stereocenters. The zero-order valence-corrected chi connectivity index (χ0v) is 15.3. The number of methoxy groups -OCH3 is 2. The van der Waals surface area contributed by atoms with Crippen LogP contribution >= 0.6 is 0 Å². The van der Waals surface area contributed by atoms with Crippen molar-refractivity contribution < 1.29 is 23.9 Å². The van der Waals surface area contributed by atoms with Gasteiger partial charge in [-0.2, -0.15) is 0 Å². The molecule has 27 heavy (non-hydrogen) atoms. The fourth-order valence-corrected chi connectivity index (χ4v) is 3.06. The van der Waals surface area contributed by atoms with Crippen LogP contribution in [0.5, 0.6) is 5.75 Å². The summed E-state index contributed by atoms with van der Waals surface area (Å²) in [6.45, 7) is 1.72. The Hall–Kier alpha value is -3.35. The highest BCUT2D eigenvalue weighted by atomic mass is 16.5. The van der Waals surface area contributed by atoms with Gasteiger partial charge >= 0.3 is 12.0 Å². The lowest BCUT2D eigenvalue weighted by atomic mass is 9.92. The van der Waals surface area contributed by atoms with Gasteiger partial charge in [-0.05, 0) is 42.3 Å². The second-order valence-electron chi connectivity index (χ2n) is 6.37. The predicted molar refractivity (Wildman–Crippen MR) is 97.2 cm³/mol. The topological polar surface area (TPSA) is 84.9 Å². The fourth-order valence-electron chi connectivity index (χ4n) is 3.06. The molecule has 0 spiro atoms. The molecular formula is C20H20N2O5. The first kappa shape index (κ1) is 18.4. The van der Waals surface area contributed by atoms with Crippen LogP contribution in [0.2, 0.25) is 0 Å². The number of ether oxygens (including phenoxy) is 2. The quantitative estimate of drug-likeness (QED) is 0.647. The Morgan fingerprint density at radius 2 is 1.81 bits per heavy atom. The number of rotatable bonds is 5. The molecule has 0 aliphatic carbocycles. The summed E-state index contributed by atoms with van der Waals surface area (Å²) in [5, 5.41) is 2.76. The van der Waals surface area contributed by atoms with Crippen LogP contribution in [0.4, 0.5) is 4.79 Å². The predicted octanol–water partition coefficient (Wildman–Crippen LogP) is 2.45. The van der Waals surface area contributed by atoms with Crippen LogP contribution in [-0.4, -0.2) is 37.0 Å². The largest absolute Gasteiger partial charge is 0.497 e. The van der Waals surface area contributed by atoms with Crippen LogP contribution < -0.4 is 10.1 Å². The zero-order valence-electron chi connectivity index (χ0n) is 15.3. The normalized spacial score (nSPS) is 19.0. The molecule has 1 atom stereocenters. The molecule has 1 saturated heterocycles. The van der Waals surface area contributed by atoms with Gasteiger partial charge in [-0.15, -0.1) is 0 Å². The van der Waals surface area contributed by atoms with Crippen molar-refractivity contribution in [2.24, 2.45) is 0 Å². The highest BCUT2D eigenvalue weighted by Crippen LogP contribution is 2.31. The molecule has 2 aromatic rings. The Kier molecular flexibility index (Phi) is 4.85. The Labute approximate surface area is 156 Å². The maximum absolute atomic E-state index is 13.0. The van der Waals surface area contributed by atoms with Crippen LogP contribution in [-0.2, 0) is 21.6 Å². The lowest BCUT2D eigenvalue weighted by Crippen LogP contribution is -2.40. The summed E-state index contributed by atoms with van der Waals surface area (Å²) in [6.07, 6.45) is 0. The summed E-state index contributed by atoms with van der Waals surface area (Å²) in [4.78, 5) is 38.3. The van der Waals surface area contributed by atoms with Gasteiger partial charge in [0.1, 0.15) is 11.3 Å². The van der Waals surface area contributed by atoms with Gasteiger partial charge in [0.15, 0.2) is 0 Å². The highest BCUT2D eigenvalue weighted by Gasteiger charge is 2.48. The molecule has 1 N–H and O–H groups in total. The van der Waals surface area contributed by atoms with Gasteiger partial charge < -0.3 is 14.8 Å². The number of carbonyl (C=O) groups excluding carboxylic acids is 3. The second kappa shape index (κ2) is 7.11. The number of hydrogen-bond acceptors (Lipinski definition) is 5. The van der Waals surface area contributed by atoms with Gasteiger partial charge in [0.25, 0.3) is 5.91 Å². The minimum Gasteiger partial charge on any atom is -0.497 e. The van der Waals surface area contributed by atoms with Gasteiger partial charge in [-0.1, -0.05) is 24.3 Å². The monoisotopic (exact) mass is 368 g/mol. The molecule has 0 bridgehead atoms. The van der Waals surface area contributed by atoms with E-state index in [1.54, 1.807) is 62.6 Å². The standard InChI is InChI=1S/C20H20N2O5/c1-20(15-7-9-16(26-2)10-8-15)18(24)22(19(25)21-20)12-13-5-4-6-14(11-13)17(23)27-3/h4-11H,12H2,1-3H3,(H,21,25). The zero-order chi connectivity index (χ0) is 19.6. The number of nitrogens with one attached hydrogen (secondary N) is 1. The van der Waals surface area contributed by atoms with Crippen LogP contribution in [0.1, 0.15) is 28.4 Å². The van der Waals surface area contributed by atoms with Crippen molar-refractivity contribution in [1.29, 1.82) is 0 Å². The van der Waals surface area contributed by atoms with E-state index in [4.69, 9.17) is 9.47 Å². The number of imide groups is 1. The summed E-state index contributed by atoms with van der Waals surface area (Å²) >= 11 is 0. The van der Waals surface area contributed by atoms with Crippen molar-refractivity contribution in [2.45, 2.75) is 19.0 Å². The molecule has 2 aromatic carbocycles. The molecule has 0 saturated carbocycles. The Morgan fingerprint density at radius 1 is 1.11 bits per heavy atom. The van der Waals surface area contributed by atoms with E-state index < -0.39 is 17.5 Å². The average Bonchev–Trinajstić information content (AvgIpc) is 2.91. The first-order valence-corrected chi connectivity index (χ1v) is 8.35. The SMILES string of the molecule is COC(=O)c1cccc(CN2C(=O)NC(C)(c3ccc(OC)cc3)C2=O)c1. The van der Waals surface area contributed by atoms with Crippen molar-refractivity contribution in [3.63, 3.8) is 0 Å². The van der Waals surface area contributed by atoms with Crippen LogP contribution in [0, 0.1) is 0 Å². The number of amides is 3. The van der Waals surface area contributed by atoms with Gasteiger partial charge in [-0.3, -0.25) is 9.69 Å². The summed E-state index contributed by atoms with van der Waals surface area (Å²) in [6, 6.07) is 13.1. The maximum Gasteiger partial charge on any atom is 0.337 e. The van der Waals surface area contributed by atoms with Crippen LogP contribution in [0.25, 0.3) is 0 Å². The van der Waals surface area contributed by atoms with Gasteiger partial charge in [0, 0.05) is 0 Å². The smallest absolute Gasteiger partial charge is 0.337 e. The van der Waals surface area contributed by atoms with E-state index in [1.807, 2.05) is 0 Å². The molecular weight excluding hydrogens is 348 g/mol. The fraction of sp³-hybridized carbons (Fsp3) is 0.250. The summed E-state index contributed by atoms with van der Waals surface area (Å²) in [5.41, 5.74) is 0.511. The Balaban J connectivity index is 1.84. The number of hydrogen-bond donors (Lipinski definition) is 1. The summed E-state index contributed by atoms with van der Waals surface area (Å²) < 4.78 is 9.84. The lowest BCUT2D eigenvalue weighted by Gasteiger charge is -2.22. The van der Waals surface area contributed by atoms with Crippen molar-refractivity contribution in [3.8, 4) is 5.75 Å².